The Balaban J connectivity index is 3.28. The van der Waals surface area contributed by atoms with Gasteiger partial charge in [0.05, 0.1) is 12.7 Å². The number of aliphatic hydroxyl groups excluding tert-OH is 2. The van der Waals surface area contributed by atoms with E-state index < -0.39 is 6.10 Å². The second kappa shape index (κ2) is 7.31. The predicted octanol–water partition coefficient (Wildman–Crippen LogP) is 1.72. The third-order valence-electron chi connectivity index (χ3n) is 1.69. The lowest BCUT2D eigenvalue weighted by atomic mass is 10.1. The molecule has 0 saturated carbocycles. The Morgan fingerprint density at radius 2 is 2.00 bits per heavy atom. The van der Waals surface area contributed by atoms with Crippen LogP contribution in [0, 0.1) is 0 Å². The van der Waals surface area contributed by atoms with Gasteiger partial charge in [0.25, 0.3) is 0 Å². The molecule has 0 spiro atoms. The number of unbranched alkanes of at least 4 members (excludes halogenated alkanes) is 2. The van der Waals surface area contributed by atoms with Crippen molar-refractivity contribution in [2.45, 2.75) is 42.6 Å². The maximum absolute atomic E-state index is 9.17. The van der Waals surface area contributed by atoms with Gasteiger partial charge in [0.2, 0.25) is 0 Å². The van der Waals surface area contributed by atoms with Crippen molar-refractivity contribution in [3.8, 4) is 0 Å². The van der Waals surface area contributed by atoms with Gasteiger partial charge >= 0.3 is 0 Å². The molecule has 0 aliphatic carbocycles. The van der Waals surface area contributed by atoms with E-state index in [1.807, 2.05) is 0 Å². The van der Waals surface area contributed by atoms with Crippen LogP contribution in [0.4, 0.5) is 0 Å². The lowest BCUT2D eigenvalue weighted by Gasteiger charge is -2.13. The fourth-order valence-corrected chi connectivity index (χ4v) is 1.56. The fraction of sp³-hybridized carbons (Fsp3) is 1.00. The topological polar surface area (TPSA) is 40.5 Å². The molecule has 0 heterocycles. The monoisotopic (exact) mass is 272 g/mol. The van der Waals surface area contributed by atoms with Crippen LogP contribution in [-0.2, 0) is 0 Å². The Morgan fingerprint density at radius 3 is 2.45 bits per heavy atom. The van der Waals surface area contributed by atoms with Crippen LogP contribution in [0.5, 0.6) is 0 Å². The third-order valence-corrected chi connectivity index (χ3v) is 3.14. The number of rotatable bonds is 6. The van der Waals surface area contributed by atoms with Crippen molar-refractivity contribution in [2.75, 3.05) is 6.61 Å². The number of halogens is 1. The van der Waals surface area contributed by atoms with Crippen LogP contribution in [0.3, 0.4) is 0 Å². The largest absolute Gasteiger partial charge is 0.394 e. The van der Waals surface area contributed by atoms with Crippen LogP contribution in [0.25, 0.3) is 0 Å². The zero-order valence-electron chi connectivity index (χ0n) is 6.96. The predicted molar refractivity (Wildman–Crippen MR) is 55.0 cm³/mol. The lowest BCUT2D eigenvalue weighted by Crippen LogP contribution is -2.23. The standard InChI is InChI=1S/C8H17IO2/c1-2-3-4-5-7(9)8(11)6-10/h7-8,10-11H,2-6H2,1H3/t7-,8-/m0/s1. The van der Waals surface area contributed by atoms with Crippen molar-refractivity contribution in [3.63, 3.8) is 0 Å². The molecule has 0 radical (unpaired) electrons. The molecule has 0 aliphatic rings. The highest BCUT2D eigenvalue weighted by Gasteiger charge is 2.13. The van der Waals surface area contributed by atoms with E-state index in [1.54, 1.807) is 0 Å². The molecule has 0 unspecified atom stereocenters. The molecular weight excluding hydrogens is 255 g/mol. The first-order valence-electron chi connectivity index (χ1n) is 4.15. The average Bonchev–Trinajstić information content (AvgIpc) is 2.03. The van der Waals surface area contributed by atoms with Crippen LogP contribution < -0.4 is 0 Å². The third kappa shape index (κ3) is 5.87. The van der Waals surface area contributed by atoms with E-state index in [4.69, 9.17) is 10.2 Å². The van der Waals surface area contributed by atoms with Crippen LogP contribution >= 0.6 is 22.6 Å². The summed E-state index contributed by atoms with van der Waals surface area (Å²) in [6.45, 7) is 2.05. The molecule has 2 atom stereocenters. The highest BCUT2D eigenvalue weighted by Crippen LogP contribution is 2.15. The van der Waals surface area contributed by atoms with E-state index in [0.29, 0.717) is 0 Å². The quantitative estimate of drug-likeness (QED) is 0.439. The first kappa shape index (κ1) is 11.6. The maximum Gasteiger partial charge on any atom is 0.0888 e. The van der Waals surface area contributed by atoms with E-state index in [9.17, 15) is 0 Å². The van der Waals surface area contributed by atoms with Crippen LogP contribution in [-0.4, -0.2) is 26.8 Å². The summed E-state index contributed by atoms with van der Waals surface area (Å²) in [4.78, 5) is 0. The maximum atomic E-state index is 9.17. The molecule has 0 saturated heterocycles. The molecule has 11 heavy (non-hydrogen) atoms. The summed E-state index contributed by atoms with van der Waals surface area (Å²) >= 11 is 2.20. The smallest absolute Gasteiger partial charge is 0.0888 e. The Morgan fingerprint density at radius 1 is 1.36 bits per heavy atom. The van der Waals surface area contributed by atoms with Gasteiger partial charge < -0.3 is 10.2 Å². The van der Waals surface area contributed by atoms with Gasteiger partial charge in [-0.2, -0.15) is 0 Å². The summed E-state index contributed by atoms with van der Waals surface area (Å²) < 4.78 is 0.212. The fourth-order valence-electron chi connectivity index (χ4n) is 0.896. The molecule has 68 valence electrons. The van der Waals surface area contributed by atoms with Crippen molar-refractivity contribution >= 4 is 22.6 Å². The minimum absolute atomic E-state index is 0.111. The summed E-state index contributed by atoms with van der Waals surface area (Å²) in [5, 5.41) is 17.8. The van der Waals surface area contributed by atoms with E-state index in [2.05, 4.69) is 29.5 Å². The molecule has 0 aromatic rings. The highest BCUT2D eigenvalue weighted by atomic mass is 127. The van der Waals surface area contributed by atoms with Gasteiger partial charge in [0, 0.05) is 3.92 Å². The molecule has 0 amide bonds. The van der Waals surface area contributed by atoms with Crippen molar-refractivity contribution in [2.24, 2.45) is 0 Å². The van der Waals surface area contributed by atoms with Gasteiger partial charge in [-0.3, -0.25) is 0 Å². The minimum atomic E-state index is -0.535. The molecule has 0 bridgehead atoms. The number of hydrogen-bond donors (Lipinski definition) is 2. The summed E-state index contributed by atoms with van der Waals surface area (Å²) in [6.07, 6.45) is 4.06. The van der Waals surface area contributed by atoms with Gasteiger partial charge in [-0.25, -0.2) is 0 Å². The van der Waals surface area contributed by atoms with Gasteiger partial charge in [0.1, 0.15) is 0 Å². The second-order valence-electron chi connectivity index (χ2n) is 2.76. The zero-order chi connectivity index (χ0) is 8.69. The van der Waals surface area contributed by atoms with Crippen LogP contribution in [0.1, 0.15) is 32.6 Å². The first-order valence-corrected chi connectivity index (χ1v) is 5.40. The summed E-state index contributed by atoms with van der Waals surface area (Å²) in [6, 6.07) is 0. The molecule has 0 aromatic heterocycles. The molecular formula is C8H17IO2. The van der Waals surface area contributed by atoms with E-state index in [1.165, 1.54) is 12.8 Å². The molecule has 0 fully saturated rings. The zero-order valence-corrected chi connectivity index (χ0v) is 9.12. The van der Waals surface area contributed by atoms with Crippen molar-refractivity contribution in [3.05, 3.63) is 0 Å². The first-order chi connectivity index (χ1) is 5.22. The number of aliphatic hydroxyl groups is 2. The number of hydrogen-bond acceptors (Lipinski definition) is 2. The van der Waals surface area contributed by atoms with Gasteiger partial charge in [-0.1, -0.05) is 48.8 Å². The Bertz CT molecular complexity index is 88.2. The molecule has 3 heteroatoms. The molecule has 2 nitrogen and oxygen atoms in total. The van der Waals surface area contributed by atoms with Gasteiger partial charge in [0.15, 0.2) is 0 Å². The number of alkyl halides is 1. The molecule has 0 aromatic carbocycles. The molecule has 2 N–H and O–H groups in total. The SMILES string of the molecule is CCCCC[C@H](I)[C@@H](O)CO. The van der Waals surface area contributed by atoms with Crippen LogP contribution in [0.15, 0.2) is 0 Å². The highest BCUT2D eigenvalue weighted by molar-refractivity contribution is 14.1. The van der Waals surface area contributed by atoms with E-state index in [-0.39, 0.29) is 10.5 Å². The van der Waals surface area contributed by atoms with E-state index in [0.717, 1.165) is 12.8 Å². The van der Waals surface area contributed by atoms with Crippen LogP contribution in [0.2, 0.25) is 0 Å². The second-order valence-corrected chi connectivity index (χ2v) is 4.36. The Hall–Kier alpha value is 0.650. The summed E-state index contributed by atoms with van der Waals surface area (Å²) in [5.41, 5.74) is 0. The normalized spacial score (nSPS) is 16.4. The summed E-state index contributed by atoms with van der Waals surface area (Å²) in [7, 11) is 0. The van der Waals surface area contributed by atoms with E-state index >= 15 is 0 Å². The average molecular weight is 272 g/mol. The Kier molecular flexibility index (Phi) is 7.74. The van der Waals surface area contributed by atoms with Crippen molar-refractivity contribution in [1.29, 1.82) is 0 Å². The van der Waals surface area contributed by atoms with Gasteiger partial charge in [-0.05, 0) is 6.42 Å². The summed E-state index contributed by atoms with van der Waals surface area (Å²) in [5.74, 6) is 0. The van der Waals surface area contributed by atoms with Gasteiger partial charge in [-0.15, -0.1) is 0 Å². The molecule has 0 aliphatic heterocycles. The van der Waals surface area contributed by atoms with Crippen molar-refractivity contribution < 1.29 is 10.2 Å². The van der Waals surface area contributed by atoms with Crippen molar-refractivity contribution in [1.82, 2.24) is 0 Å². The molecule has 0 rings (SSSR count). The Labute approximate surface area is 82.1 Å². The minimum Gasteiger partial charge on any atom is -0.394 e. The lowest BCUT2D eigenvalue weighted by molar-refractivity contribution is 0.0943.